The SMILES string of the molecule is O=C(NC(=S)Nc1ccccc1)C12CC3C[C@@H](CC[C@@H](C3)C1)C2. The number of benzene rings is 1. The molecular weight excluding hydrogens is 304 g/mol. The zero-order chi connectivity index (χ0) is 15.9. The van der Waals surface area contributed by atoms with Gasteiger partial charge in [0.2, 0.25) is 5.91 Å². The van der Waals surface area contributed by atoms with Crippen molar-refractivity contribution in [1.29, 1.82) is 0 Å². The van der Waals surface area contributed by atoms with Crippen LogP contribution in [0.1, 0.15) is 44.9 Å². The molecule has 0 radical (unpaired) electrons. The number of carbonyl (C=O) groups is 1. The van der Waals surface area contributed by atoms with Gasteiger partial charge in [-0.05, 0) is 74.2 Å². The quantitative estimate of drug-likeness (QED) is 0.803. The van der Waals surface area contributed by atoms with Crippen LogP contribution in [0.15, 0.2) is 30.3 Å². The van der Waals surface area contributed by atoms with Gasteiger partial charge in [-0.3, -0.25) is 4.79 Å². The number of carbonyl (C=O) groups excluding carboxylic acids is 1. The van der Waals surface area contributed by atoms with E-state index in [1.807, 2.05) is 30.3 Å². The summed E-state index contributed by atoms with van der Waals surface area (Å²) in [5.41, 5.74) is 0.760. The third-order valence-electron chi connectivity index (χ3n) is 6.10. The molecule has 3 nitrogen and oxygen atoms in total. The monoisotopic (exact) mass is 328 g/mol. The number of amides is 1. The second kappa shape index (κ2) is 5.90. The molecule has 4 fully saturated rings. The van der Waals surface area contributed by atoms with Crippen LogP contribution in [0.2, 0.25) is 0 Å². The van der Waals surface area contributed by atoms with Gasteiger partial charge in [-0.25, -0.2) is 0 Å². The maximum Gasteiger partial charge on any atom is 0.232 e. The maximum absolute atomic E-state index is 13.0. The zero-order valence-corrected chi connectivity index (χ0v) is 14.2. The Morgan fingerprint density at radius 1 is 1.00 bits per heavy atom. The molecule has 1 amide bonds. The number of para-hydroxylation sites is 1. The molecule has 2 N–H and O–H groups in total. The largest absolute Gasteiger partial charge is 0.332 e. The number of fused-ring (bicyclic) bond motifs is 1. The lowest BCUT2D eigenvalue weighted by Crippen LogP contribution is -2.50. The van der Waals surface area contributed by atoms with E-state index in [1.165, 1.54) is 25.7 Å². The summed E-state index contributed by atoms with van der Waals surface area (Å²) in [7, 11) is 0. The molecule has 4 atom stereocenters. The normalized spacial score (nSPS) is 34.7. The van der Waals surface area contributed by atoms with E-state index in [-0.39, 0.29) is 11.3 Å². The number of nitrogens with one attached hydrogen (secondary N) is 2. The summed E-state index contributed by atoms with van der Waals surface area (Å²) in [5.74, 6) is 2.42. The molecule has 0 aromatic heterocycles. The van der Waals surface area contributed by atoms with Crippen molar-refractivity contribution in [3.8, 4) is 0 Å². The zero-order valence-electron chi connectivity index (χ0n) is 13.4. The van der Waals surface area contributed by atoms with Crippen LogP contribution in [0.5, 0.6) is 0 Å². The Hall–Kier alpha value is -1.42. The molecule has 5 rings (SSSR count). The highest BCUT2D eigenvalue weighted by Crippen LogP contribution is 2.57. The van der Waals surface area contributed by atoms with Crippen molar-refractivity contribution in [1.82, 2.24) is 5.32 Å². The predicted molar refractivity (Wildman–Crippen MR) is 96.0 cm³/mol. The Morgan fingerprint density at radius 3 is 2.26 bits per heavy atom. The molecule has 1 aromatic rings. The topological polar surface area (TPSA) is 41.1 Å². The molecule has 4 aliphatic carbocycles. The highest BCUT2D eigenvalue weighted by Gasteiger charge is 2.52. The van der Waals surface area contributed by atoms with E-state index in [9.17, 15) is 4.79 Å². The predicted octanol–water partition coefficient (Wildman–Crippen LogP) is 4.11. The molecule has 4 bridgehead atoms. The molecule has 0 heterocycles. The number of hydrogen-bond acceptors (Lipinski definition) is 2. The van der Waals surface area contributed by atoms with Crippen LogP contribution in [-0.4, -0.2) is 11.0 Å². The van der Waals surface area contributed by atoms with Gasteiger partial charge >= 0.3 is 0 Å². The number of hydrogen-bond donors (Lipinski definition) is 2. The highest BCUT2D eigenvalue weighted by molar-refractivity contribution is 7.80. The number of anilines is 1. The number of thiocarbonyl (C=S) groups is 1. The number of rotatable bonds is 2. The Kier molecular flexibility index (Phi) is 3.88. The molecule has 122 valence electrons. The Balaban J connectivity index is 1.45. The highest BCUT2D eigenvalue weighted by atomic mass is 32.1. The maximum atomic E-state index is 13.0. The van der Waals surface area contributed by atoms with E-state index < -0.39 is 0 Å². The van der Waals surface area contributed by atoms with Crippen molar-refractivity contribution in [3.05, 3.63) is 30.3 Å². The summed E-state index contributed by atoms with van der Waals surface area (Å²) in [6.07, 6.45) is 8.54. The van der Waals surface area contributed by atoms with Crippen molar-refractivity contribution in [2.45, 2.75) is 44.9 Å². The van der Waals surface area contributed by atoms with E-state index in [0.717, 1.165) is 42.7 Å². The van der Waals surface area contributed by atoms with Crippen molar-refractivity contribution in [3.63, 3.8) is 0 Å². The third kappa shape index (κ3) is 3.01. The minimum absolute atomic E-state index is 0.157. The van der Waals surface area contributed by atoms with Crippen molar-refractivity contribution < 1.29 is 4.79 Å². The van der Waals surface area contributed by atoms with Gasteiger partial charge in [-0.1, -0.05) is 31.0 Å². The van der Waals surface area contributed by atoms with Gasteiger partial charge in [0, 0.05) is 5.69 Å². The van der Waals surface area contributed by atoms with Crippen LogP contribution in [0.4, 0.5) is 5.69 Å². The van der Waals surface area contributed by atoms with Gasteiger partial charge in [0.1, 0.15) is 0 Å². The fourth-order valence-corrected chi connectivity index (χ4v) is 5.60. The van der Waals surface area contributed by atoms with Gasteiger partial charge in [0.05, 0.1) is 5.41 Å². The molecule has 2 unspecified atom stereocenters. The van der Waals surface area contributed by atoms with Crippen molar-refractivity contribution >= 4 is 28.9 Å². The summed E-state index contributed by atoms with van der Waals surface area (Å²) in [4.78, 5) is 13.0. The van der Waals surface area contributed by atoms with Gasteiger partial charge in [-0.2, -0.15) is 0 Å². The van der Waals surface area contributed by atoms with E-state index >= 15 is 0 Å². The Labute approximate surface area is 143 Å². The second-order valence-corrected chi connectivity index (χ2v) is 8.22. The van der Waals surface area contributed by atoms with Gasteiger partial charge in [-0.15, -0.1) is 0 Å². The lowest BCUT2D eigenvalue weighted by Gasteiger charge is -2.47. The lowest BCUT2D eigenvalue weighted by atomic mass is 9.58. The standard InChI is InChI=1S/C19H24N2OS/c22-17(21-18(23)20-16-4-2-1-3-5-16)19-10-13-6-7-14(11-19)9-15(8-13)12-19/h1-5,13-15H,6-12H2,(H2,20,21,22,23)/t13-,14+,15?,19?. The fourth-order valence-electron chi connectivity index (χ4n) is 5.39. The van der Waals surface area contributed by atoms with Crippen molar-refractivity contribution in [2.75, 3.05) is 5.32 Å². The summed E-state index contributed by atoms with van der Waals surface area (Å²) in [5, 5.41) is 6.54. The van der Waals surface area contributed by atoms with E-state index in [0.29, 0.717) is 5.11 Å². The van der Waals surface area contributed by atoms with E-state index in [4.69, 9.17) is 12.2 Å². The van der Waals surface area contributed by atoms with Gasteiger partial charge < -0.3 is 10.6 Å². The van der Waals surface area contributed by atoms with Crippen LogP contribution < -0.4 is 10.6 Å². The van der Waals surface area contributed by atoms with Crippen LogP contribution in [0, 0.1) is 23.2 Å². The lowest BCUT2D eigenvalue weighted by molar-refractivity contribution is -0.136. The van der Waals surface area contributed by atoms with Crippen LogP contribution >= 0.6 is 12.2 Å². The molecule has 23 heavy (non-hydrogen) atoms. The third-order valence-corrected chi connectivity index (χ3v) is 6.30. The van der Waals surface area contributed by atoms with Gasteiger partial charge in [0.15, 0.2) is 5.11 Å². The first-order valence-corrected chi connectivity index (χ1v) is 9.21. The minimum atomic E-state index is -0.157. The van der Waals surface area contributed by atoms with E-state index in [1.54, 1.807) is 0 Å². The molecule has 4 heteroatoms. The molecular formula is C19H24N2OS. The Bertz CT molecular complexity index is 599. The van der Waals surface area contributed by atoms with Crippen LogP contribution in [-0.2, 0) is 4.79 Å². The second-order valence-electron chi connectivity index (χ2n) is 7.81. The van der Waals surface area contributed by atoms with Crippen LogP contribution in [0.3, 0.4) is 0 Å². The Morgan fingerprint density at radius 2 is 1.61 bits per heavy atom. The molecule has 0 saturated heterocycles. The molecule has 4 aliphatic rings. The average Bonchev–Trinajstić information content (AvgIpc) is 2.74. The average molecular weight is 328 g/mol. The summed E-state index contributed by atoms with van der Waals surface area (Å²) < 4.78 is 0. The van der Waals surface area contributed by atoms with Gasteiger partial charge in [0.25, 0.3) is 0 Å². The summed E-state index contributed by atoms with van der Waals surface area (Å²) in [6.45, 7) is 0. The fraction of sp³-hybridized carbons (Fsp3) is 0.579. The molecule has 0 spiro atoms. The summed E-state index contributed by atoms with van der Waals surface area (Å²) >= 11 is 5.36. The van der Waals surface area contributed by atoms with E-state index in [2.05, 4.69) is 10.6 Å². The molecule has 4 saturated carbocycles. The summed E-state index contributed by atoms with van der Waals surface area (Å²) in [6, 6.07) is 9.78. The minimum Gasteiger partial charge on any atom is -0.332 e. The first kappa shape index (κ1) is 15.1. The smallest absolute Gasteiger partial charge is 0.232 e. The molecule has 1 aromatic carbocycles. The van der Waals surface area contributed by atoms with Crippen molar-refractivity contribution in [2.24, 2.45) is 23.2 Å². The first-order valence-electron chi connectivity index (χ1n) is 8.80. The first-order chi connectivity index (χ1) is 11.1. The van der Waals surface area contributed by atoms with Crippen LogP contribution in [0.25, 0.3) is 0 Å². The molecule has 0 aliphatic heterocycles.